The first-order valence-corrected chi connectivity index (χ1v) is 7.44. The second kappa shape index (κ2) is 15.0. The second-order valence-electron chi connectivity index (χ2n) is 3.75. The topological polar surface area (TPSA) is 81.8 Å². The van der Waals surface area contributed by atoms with Crippen molar-refractivity contribution >= 4 is 40.5 Å². The van der Waals surface area contributed by atoms with E-state index >= 15 is 0 Å². The molecule has 21 heavy (non-hydrogen) atoms. The zero-order valence-electron chi connectivity index (χ0n) is 12.7. The molecule has 0 saturated carbocycles. The number of benzene rings is 1. The quantitative estimate of drug-likeness (QED) is 0.631. The molecule has 0 bridgehead atoms. The van der Waals surface area contributed by atoms with Crippen molar-refractivity contribution in [1.29, 1.82) is 0 Å². The maximum absolute atomic E-state index is 8.63. The molecule has 1 aromatic carbocycles. The number of aliphatic hydroxyl groups excluding tert-OH is 2. The van der Waals surface area contributed by atoms with Crippen molar-refractivity contribution in [3.05, 3.63) is 30.3 Å². The molecule has 0 aromatic heterocycles. The van der Waals surface area contributed by atoms with Crippen LogP contribution in [0, 0.1) is 0 Å². The maximum Gasteiger partial charge on any atom is 0.258 e. The number of hydrogen-bond donors (Lipinski definition) is 4. The first-order chi connectivity index (χ1) is 9.87. The minimum absolute atomic E-state index is 0.203. The number of hydrogen-bond acceptors (Lipinski definition) is 3. The zero-order valence-corrected chi connectivity index (χ0v) is 14.4. The predicted octanol–water partition coefficient (Wildman–Crippen LogP) is 3.08. The summed E-state index contributed by atoms with van der Waals surface area (Å²) in [5, 5.41) is 18.1. The lowest BCUT2D eigenvalue weighted by molar-refractivity contribution is 0.321. The highest BCUT2D eigenvalue weighted by Gasteiger charge is 1.89. The third-order valence-electron chi connectivity index (χ3n) is 2.37. The van der Waals surface area contributed by atoms with Crippen molar-refractivity contribution < 1.29 is 10.2 Å². The molecule has 0 heterocycles. The summed E-state index contributed by atoms with van der Waals surface area (Å²) in [5.74, 6) is 0. The molecule has 0 saturated heterocycles. The minimum Gasteiger partial charge on any atom is -0.487 e. The van der Waals surface area contributed by atoms with Gasteiger partial charge in [-0.1, -0.05) is 39.0 Å². The number of rotatable bonds is 4. The van der Waals surface area contributed by atoms with Crippen molar-refractivity contribution in [2.45, 2.75) is 20.8 Å². The lowest BCUT2D eigenvalue weighted by Gasteiger charge is -2.13. The number of nitrogens with zero attached hydrogens (tertiary/aromatic N) is 1. The summed E-state index contributed by atoms with van der Waals surface area (Å²) in [6, 6.07) is 9.26. The molecular weight excluding hydrogens is 306 g/mol. The summed E-state index contributed by atoms with van der Waals surface area (Å²) in [7, 11) is 0. The van der Waals surface area contributed by atoms with Gasteiger partial charge in [-0.2, -0.15) is 0 Å². The van der Waals surface area contributed by atoms with Crippen LogP contribution in [0.15, 0.2) is 30.3 Å². The average Bonchev–Trinajstić information content (AvgIpc) is 2.41. The fourth-order valence-electron chi connectivity index (χ4n) is 1.32. The van der Waals surface area contributed by atoms with Crippen molar-refractivity contribution in [2.24, 2.45) is 5.73 Å². The van der Waals surface area contributed by atoms with Gasteiger partial charge in [-0.15, -0.1) is 0 Å². The number of para-hydroxylation sites is 1. The van der Waals surface area contributed by atoms with E-state index < -0.39 is 5.17 Å². The summed E-state index contributed by atoms with van der Waals surface area (Å²) in [6.07, 6.45) is 0. The Hall–Kier alpha value is -1.44. The molecule has 0 radical (unpaired) electrons. The normalized spacial score (nSPS) is 8.76. The first kappa shape index (κ1) is 21.9. The molecule has 120 valence electrons. The molecule has 0 aliphatic rings. The Kier molecular flexibility index (Phi) is 15.6. The van der Waals surface area contributed by atoms with Crippen molar-refractivity contribution in [1.82, 2.24) is 4.90 Å². The summed E-state index contributed by atoms with van der Waals surface area (Å²) in [5.41, 5.74) is 5.20. The highest BCUT2D eigenvalue weighted by atomic mass is 32.1. The largest absolute Gasteiger partial charge is 0.487 e. The fourth-order valence-corrected chi connectivity index (χ4v) is 1.43. The van der Waals surface area contributed by atoms with Crippen LogP contribution in [0.1, 0.15) is 20.8 Å². The molecule has 0 unspecified atom stereocenters. The van der Waals surface area contributed by atoms with Gasteiger partial charge in [0.15, 0.2) is 0 Å². The van der Waals surface area contributed by atoms with Gasteiger partial charge in [0, 0.05) is 5.69 Å². The molecule has 5 nitrogen and oxygen atoms in total. The Morgan fingerprint density at radius 1 is 1.05 bits per heavy atom. The number of nitrogens with two attached hydrogens (primary N) is 1. The third-order valence-corrected chi connectivity index (χ3v) is 2.47. The van der Waals surface area contributed by atoms with E-state index in [-0.39, 0.29) is 5.17 Å². The van der Waals surface area contributed by atoms with Crippen LogP contribution < -0.4 is 11.1 Å². The van der Waals surface area contributed by atoms with E-state index in [9.17, 15) is 0 Å². The zero-order chi connectivity index (χ0) is 16.7. The van der Waals surface area contributed by atoms with E-state index in [0.717, 1.165) is 5.69 Å². The lowest BCUT2D eigenvalue weighted by atomic mass is 10.3. The van der Waals surface area contributed by atoms with Gasteiger partial charge in [0.2, 0.25) is 0 Å². The third kappa shape index (κ3) is 18.6. The number of aliphatic hydroxyl groups is 2. The van der Waals surface area contributed by atoms with E-state index in [1.807, 2.05) is 30.3 Å². The van der Waals surface area contributed by atoms with Gasteiger partial charge in [-0.3, -0.25) is 0 Å². The van der Waals surface area contributed by atoms with Gasteiger partial charge in [0.05, 0.1) is 0 Å². The Morgan fingerprint density at radius 2 is 1.43 bits per heavy atom. The van der Waals surface area contributed by atoms with Crippen molar-refractivity contribution in [3.63, 3.8) is 0 Å². The molecule has 1 aromatic rings. The molecule has 5 N–H and O–H groups in total. The molecule has 0 aliphatic heterocycles. The van der Waals surface area contributed by atoms with Gasteiger partial charge < -0.3 is 26.2 Å². The van der Waals surface area contributed by atoms with Crippen molar-refractivity contribution in [2.75, 3.05) is 25.0 Å². The van der Waals surface area contributed by atoms with Gasteiger partial charge in [-0.05, 0) is 56.2 Å². The first-order valence-electron chi connectivity index (χ1n) is 6.62. The smallest absolute Gasteiger partial charge is 0.258 e. The standard InChI is InChI=1S/C7H7NOS.C6H15N.CH3NOS/c9-7(10)8-6-4-2-1-3-5-6;1-4-7(5-2)6-3;2-1(3)4/h1-5H,(H2,8,9,10);4-6H2,1-3H3;(H3,2,3,4). The van der Waals surface area contributed by atoms with Crippen LogP contribution in [0.25, 0.3) is 0 Å². The van der Waals surface area contributed by atoms with E-state index in [1.54, 1.807) is 0 Å². The predicted molar refractivity (Wildman–Crippen MR) is 98.2 cm³/mol. The van der Waals surface area contributed by atoms with Crippen LogP contribution in [0.5, 0.6) is 0 Å². The van der Waals surface area contributed by atoms with Crippen molar-refractivity contribution in [3.8, 4) is 0 Å². The van der Waals surface area contributed by atoms with Gasteiger partial charge in [-0.25, -0.2) is 0 Å². The highest BCUT2D eigenvalue weighted by Crippen LogP contribution is 2.03. The molecule has 0 fully saturated rings. The Morgan fingerprint density at radius 3 is 1.67 bits per heavy atom. The monoisotopic (exact) mass is 331 g/mol. The van der Waals surface area contributed by atoms with Crippen LogP contribution in [0.2, 0.25) is 0 Å². The Balaban J connectivity index is 0. The number of anilines is 1. The van der Waals surface area contributed by atoms with E-state index in [1.165, 1.54) is 19.6 Å². The van der Waals surface area contributed by atoms with Gasteiger partial charge in [0.25, 0.3) is 10.3 Å². The van der Waals surface area contributed by atoms with Gasteiger partial charge >= 0.3 is 0 Å². The average molecular weight is 332 g/mol. The Labute approximate surface area is 137 Å². The molecule has 0 amide bonds. The fraction of sp³-hybridized carbons (Fsp3) is 0.429. The van der Waals surface area contributed by atoms with Crippen LogP contribution in [-0.4, -0.2) is 45.1 Å². The molecule has 0 atom stereocenters. The van der Waals surface area contributed by atoms with Crippen LogP contribution in [-0.2, 0) is 0 Å². The van der Waals surface area contributed by atoms with Crippen LogP contribution >= 0.6 is 24.4 Å². The maximum atomic E-state index is 8.63. The molecule has 7 heteroatoms. The second-order valence-corrected chi connectivity index (χ2v) is 4.56. The lowest BCUT2D eigenvalue weighted by Crippen LogP contribution is -2.21. The number of thiocarbonyl (C=S) groups is 2. The summed E-state index contributed by atoms with van der Waals surface area (Å²) >= 11 is 8.29. The summed E-state index contributed by atoms with van der Waals surface area (Å²) < 4.78 is 0. The molecule has 1 rings (SSSR count). The van der Waals surface area contributed by atoms with E-state index in [0.29, 0.717) is 0 Å². The van der Waals surface area contributed by atoms with E-state index in [2.05, 4.69) is 61.2 Å². The van der Waals surface area contributed by atoms with Gasteiger partial charge in [0.1, 0.15) is 0 Å². The molecule has 0 spiro atoms. The minimum atomic E-state index is -0.500. The number of nitrogens with one attached hydrogen (secondary N) is 1. The Bertz CT molecular complexity index is 376. The summed E-state index contributed by atoms with van der Waals surface area (Å²) in [6.45, 7) is 10.1. The van der Waals surface area contributed by atoms with E-state index in [4.69, 9.17) is 10.2 Å². The summed E-state index contributed by atoms with van der Waals surface area (Å²) in [4.78, 5) is 2.38. The SMILES string of the molecule is CCN(CC)CC.NC(O)=S.OC(=S)Nc1ccccc1. The molecule has 0 aliphatic carbocycles. The van der Waals surface area contributed by atoms with Crippen LogP contribution in [0.4, 0.5) is 5.69 Å². The molecular formula is C14H25N3O2S2. The highest BCUT2D eigenvalue weighted by molar-refractivity contribution is 7.80. The van der Waals surface area contributed by atoms with Crippen LogP contribution in [0.3, 0.4) is 0 Å².